The highest BCUT2D eigenvalue weighted by molar-refractivity contribution is 6.42. The van der Waals surface area contributed by atoms with Crippen LogP contribution in [0.5, 0.6) is 0 Å². The molecule has 1 aliphatic carbocycles. The molecule has 0 radical (unpaired) electrons. The molecule has 1 N–H and O–H groups in total. The van der Waals surface area contributed by atoms with Crippen LogP contribution in [0.25, 0.3) is 0 Å². The van der Waals surface area contributed by atoms with E-state index in [4.69, 9.17) is 27.9 Å². The Labute approximate surface area is 128 Å². The van der Waals surface area contributed by atoms with E-state index in [2.05, 4.69) is 10.3 Å². The lowest BCUT2D eigenvalue weighted by molar-refractivity contribution is 0.0966. The van der Waals surface area contributed by atoms with Crippen LogP contribution in [0.2, 0.25) is 10.0 Å². The molecule has 4 nitrogen and oxygen atoms in total. The van der Waals surface area contributed by atoms with Gasteiger partial charge < -0.3 is 4.74 Å². The number of benzene rings is 1. The first-order valence-electron chi connectivity index (χ1n) is 6.53. The van der Waals surface area contributed by atoms with E-state index in [-0.39, 0.29) is 11.9 Å². The van der Waals surface area contributed by atoms with E-state index in [0.29, 0.717) is 34.7 Å². The molecule has 1 fully saturated rings. The van der Waals surface area contributed by atoms with Crippen molar-refractivity contribution in [3.05, 3.63) is 33.8 Å². The smallest absolute Gasteiger partial charge is 0.291 e. The van der Waals surface area contributed by atoms with Crippen LogP contribution in [-0.2, 0) is 4.74 Å². The molecule has 1 aromatic rings. The van der Waals surface area contributed by atoms with Gasteiger partial charge in [-0.25, -0.2) is 4.99 Å². The molecule has 0 heterocycles. The number of carbonyl (C=O) groups excluding carboxylic acids is 1. The quantitative estimate of drug-likeness (QED) is 0.682. The van der Waals surface area contributed by atoms with E-state index in [0.717, 1.165) is 0 Å². The van der Waals surface area contributed by atoms with E-state index >= 15 is 0 Å². The Hall–Kier alpha value is -1.26. The fraction of sp³-hybridized carbons (Fsp3) is 0.429. The van der Waals surface area contributed by atoms with Gasteiger partial charge in [0.05, 0.1) is 16.7 Å². The summed E-state index contributed by atoms with van der Waals surface area (Å²) in [6.07, 6.45) is 2.40. The van der Waals surface area contributed by atoms with Crippen molar-refractivity contribution >= 4 is 35.1 Å². The van der Waals surface area contributed by atoms with Gasteiger partial charge in [0.25, 0.3) is 11.9 Å². The molecule has 20 heavy (non-hydrogen) atoms. The first-order valence-corrected chi connectivity index (χ1v) is 7.29. The average Bonchev–Trinajstić information content (AvgIpc) is 3.23. The van der Waals surface area contributed by atoms with Crippen molar-refractivity contribution < 1.29 is 9.53 Å². The third-order valence-electron chi connectivity index (χ3n) is 2.87. The molecule has 1 saturated carbocycles. The third kappa shape index (κ3) is 4.39. The Kier molecular flexibility index (Phi) is 5.26. The Balaban J connectivity index is 2.02. The van der Waals surface area contributed by atoms with Gasteiger partial charge in [0, 0.05) is 12.1 Å². The molecule has 0 aliphatic heterocycles. The summed E-state index contributed by atoms with van der Waals surface area (Å²) in [7, 11) is 0. The number of aliphatic imine (C=N–C) groups is 1. The van der Waals surface area contributed by atoms with Crippen molar-refractivity contribution in [1.29, 1.82) is 0 Å². The molecule has 0 saturated heterocycles. The molecule has 1 aromatic carbocycles. The summed E-state index contributed by atoms with van der Waals surface area (Å²) in [5, 5.41) is 3.40. The van der Waals surface area contributed by atoms with Crippen LogP contribution in [0, 0.1) is 5.92 Å². The Morgan fingerprint density at radius 3 is 2.75 bits per heavy atom. The van der Waals surface area contributed by atoms with Crippen LogP contribution in [0.15, 0.2) is 23.2 Å². The van der Waals surface area contributed by atoms with Crippen LogP contribution in [0.4, 0.5) is 0 Å². The molecule has 2 rings (SSSR count). The number of carbonyl (C=O) groups is 1. The highest BCUT2D eigenvalue weighted by atomic mass is 35.5. The largest absolute Gasteiger partial charge is 0.465 e. The zero-order chi connectivity index (χ0) is 14.5. The Morgan fingerprint density at radius 2 is 2.15 bits per heavy atom. The van der Waals surface area contributed by atoms with E-state index < -0.39 is 0 Å². The van der Waals surface area contributed by atoms with Gasteiger partial charge in [-0.05, 0) is 43.9 Å². The van der Waals surface area contributed by atoms with Gasteiger partial charge in [-0.3, -0.25) is 10.1 Å². The number of hydrogen-bond donors (Lipinski definition) is 1. The first kappa shape index (κ1) is 15.1. The highest BCUT2D eigenvalue weighted by Crippen LogP contribution is 2.28. The normalized spacial score (nSPS) is 15.1. The van der Waals surface area contributed by atoms with Gasteiger partial charge in [-0.2, -0.15) is 0 Å². The first-order chi connectivity index (χ1) is 9.60. The van der Waals surface area contributed by atoms with Crippen LogP contribution >= 0.6 is 23.2 Å². The lowest BCUT2D eigenvalue weighted by Gasteiger charge is -2.09. The predicted molar refractivity (Wildman–Crippen MR) is 80.6 cm³/mol. The predicted octanol–water partition coefficient (Wildman–Crippen LogP) is 3.53. The monoisotopic (exact) mass is 314 g/mol. The van der Waals surface area contributed by atoms with Crippen molar-refractivity contribution in [3.63, 3.8) is 0 Å². The van der Waals surface area contributed by atoms with Crippen molar-refractivity contribution in [3.8, 4) is 0 Å². The van der Waals surface area contributed by atoms with Gasteiger partial charge in [0.2, 0.25) is 0 Å². The number of amidine groups is 1. The summed E-state index contributed by atoms with van der Waals surface area (Å²) in [6, 6.07) is 4.97. The van der Waals surface area contributed by atoms with E-state index in [9.17, 15) is 4.79 Å². The molecule has 108 valence electrons. The third-order valence-corrected chi connectivity index (χ3v) is 3.61. The molecular weight excluding hydrogens is 299 g/mol. The summed E-state index contributed by atoms with van der Waals surface area (Å²) >= 11 is 11.7. The molecule has 0 atom stereocenters. The molecule has 1 amide bonds. The van der Waals surface area contributed by atoms with Crippen molar-refractivity contribution in [2.24, 2.45) is 10.9 Å². The minimum atomic E-state index is -0.313. The molecule has 0 bridgehead atoms. The summed E-state index contributed by atoms with van der Waals surface area (Å²) in [4.78, 5) is 16.4. The van der Waals surface area contributed by atoms with Crippen molar-refractivity contribution in [1.82, 2.24) is 5.32 Å². The van der Waals surface area contributed by atoms with Crippen LogP contribution in [0.1, 0.15) is 30.1 Å². The van der Waals surface area contributed by atoms with E-state index in [1.165, 1.54) is 18.9 Å². The number of ether oxygens (including phenoxy) is 1. The molecule has 6 heteroatoms. The number of halogens is 2. The second kappa shape index (κ2) is 6.95. The summed E-state index contributed by atoms with van der Waals surface area (Å²) in [5.41, 5.74) is 0.415. The summed E-state index contributed by atoms with van der Waals surface area (Å²) in [6.45, 7) is 2.99. The second-order valence-corrected chi connectivity index (χ2v) is 5.42. The van der Waals surface area contributed by atoms with Crippen molar-refractivity contribution in [2.45, 2.75) is 19.8 Å². The average molecular weight is 315 g/mol. The van der Waals surface area contributed by atoms with Crippen LogP contribution < -0.4 is 5.32 Å². The van der Waals surface area contributed by atoms with Crippen LogP contribution in [-0.4, -0.2) is 25.1 Å². The fourth-order valence-corrected chi connectivity index (χ4v) is 1.88. The molecular formula is C14H16Cl2N2O2. The number of amides is 1. The Bertz CT molecular complexity index is 528. The van der Waals surface area contributed by atoms with Gasteiger partial charge in [0.15, 0.2) is 0 Å². The highest BCUT2D eigenvalue weighted by Gasteiger charge is 2.21. The molecule has 0 unspecified atom stereocenters. The number of rotatable bonds is 4. The second-order valence-electron chi connectivity index (χ2n) is 4.61. The maximum atomic E-state index is 12.1. The number of nitrogens with one attached hydrogen (secondary N) is 1. The van der Waals surface area contributed by atoms with Gasteiger partial charge in [-0.1, -0.05) is 23.2 Å². The maximum Gasteiger partial charge on any atom is 0.291 e. The maximum absolute atomic E-state index is 12.1. The van der Waals surface area contributed by atoms with Crippen LogP contribution in [0.3, 0.4) is 0 Å². The summed E-state index contributed by atoms with van der Waals surface area (Å²) in [5.74, 6) is 0.318. The minimum absolute atomic E-state index is 0.260. The molecule has 1 aliphatic rings. The van der Waals surface area contributed by atoms with Gasteiger partial charge in [0.1, 0.15) is 0 Å². The SMILES string of the molecule is CCOC(=NCC1CC1)NC(=O)c1ccc(Cl)c(Cl)c1. The van der Waals surface area contributed by atoms with Gasteiger partial charge >= 0.3 is 0 Å². The minimum Gasteiger partial charge on any atom is -0.465 e. The number of nitrogens with zero attached hydrogens (tertiary/aromatic N) is 1. The fourth-order valence-electron chi connectivity index (χ4n) is 1.58. The standard InChI is InChI=1S/C14H16Cl2N2O2/c1-2-20-14(17-8-9-3-4-9)18-13(19)10-5-6-11(15)12(16)7-10/h5-7,9H,2-4,8H2,1H3,(H,17,18,19). The van der Waals surface area contributed by atoms with E-state index in [1.54, 1.807) is 12.1 Å². The Morgan fingerprint density at radius 1 is 1.40 bits per heavy atom. The van der Waals surface area contributed by atoms with Gasteiger partial charge in [-0.15, -0.1) is 0 Å². The lowest BCUT2D eigenvalue weighted by Crippen LogP contribution is -2.33. The zero-order valence-corrected chi connectivity index (χ0v) is 12.7. The molecule has 0 spiro atoms. The topological polar surface area (TPSA) is 50.7 Å². The zero-order valence-electron chi connectivity index (χ0n) is 11.2. The lowest BCUT2D eigenvalue weighted by atomic mass is 10.2. The van der Waals surface area contributed by atoms with Crippen molar-refractivity contribution in [2.75, 3.05) is 13.2 Å². The van der Waals surface area contributed by atoms with E-state index in [1.807, 2.05) is 6.92 Å². The summed E-state index contributed by atoms with van der Waals surface area (Å²) < 4.78 is 5.33. The number of hydrogen-bond acceptors (Lipinski definition) is 3. The molecule has 0 aromatic heterocycles.